The molecule has 5 rings (SSSR count). The SMILES string of the molecule is COC(=O)[C@@H]1C[C@H](OC(=O)Nc2ccc(C)cc2)C(=O)[C@H]2[C@@]1(C)CC[C@H]1C(=O)O[C@H](c3ccoc3)C[C@]21C. The largest absolute Gasteiger partial charge is 0.472 e. The number of benzene rings is 1. The highest BCUT2D eigenvalue weighted by Gasteiger charge is 2.67. The zero-order chi connectivity index (χ0) is 27.2. The molecule has 202 valence electrons. The first-order chi connectivity index (χ1) is 18.1. The molecule has 0 radical (unpaired) electrons. The van der Waals surface area contributed by atoms with Gasteiger partial charge in [0.05, 0.1) is 31.5 Å². The summed E-state index contributed by atoms with van der Waals surface area (Å²) in [4.78, 5) is 53.3. The first-order valence-corrected chi connectivity index (χ1v) is 13.0. The Bertz CT molecular complexity index is 1240. The molecule has 0 unspecified atom stereocenters. The van der Waals surface area contributed by atoms with Crippen molar-refractivity contribution in [3.05, 3.63) is 54.0 Å². The van der Waals surface area contributed by atoms with Gasteiger partial charge in [-0.3, -0.25) is 19.7 Å². The summed E-state index contributed by atoms with van der Waals surface area (Å²) < 4.78 is 21.8. The van der Waals surface area contributed by atoms with Crippen LogP contribution in [0.4, 0.5) is 10.5 Å². The van der Waals surface area contributed by atoms with Crippen molar-refractivity contribution in [2.75, 3.05) is 12.4 Å². The third kappa shape index (κ3) is 4.27. The number of amides is 1. The summed E-state index contributed by atoms with van der Waals surface area (Å²) in [5.41, 5.74) is 0.667. The fourth-order valence-corrected chi connectivity index (χ4v) is 7.18. The Morgan fingerprint density at radius 1 is 1.08 bits per heavy atom. The maximum absolute atomic E-state index is 14.2. The van der Waals surface area contributed by atoms with Gasteiger partial charge < -0.3 is 18.6 Å². The van der Waals surface area contributed by atoms with E-state index in [4.69, 9.17) is 18.6 Å². The Labute approximate surface area is 221 Å². The van der Waals surface area contributed by atoms with Gasteiger partial charge in [-0.05, 0) is 55.2 Å². The quantitative estimate of drug-likeness (QED) is 0.439. The van der Waals surface area contributed by atoms with Crippen molar-refractivity contribution < 1.29 is 37.8 Å². The third-order valence-corrected chi connectivity index (χ3v) is 9.05. The van der Waals surface area contributed by atoms with Crippen LogP contribution >= 0.6 is 0 Å². The molecule has 1 aromatic heterocycles. The number of methoxy groups -OCH3 is 1. The summed E-state index contributed by atoms with van der Waals surface area (Å²) in [6.07, 6.45) is 1.88. The molecule has 1 N–H and O–H groups in total. The lowest BCUT2D eigenvalue weighted by Crippen LogP contribution is -2.64. The zero-order valence-electron chi connectivity index (χ0n) is 22.0. The van der Waals surface area contributed by atoms with E-state index in [1.807, 2.05) is 32.9 Å². The van der Waals surface area contributed by atoms with Crippen molar-refractivity contribution in [2.24, 2.45) is 28.6 Å². The number of furan rings is 1. The average molecular weight is 524 g/mol. The van der Waals surface area contributed by atoms with Gasteiger partial charge in [0.25, 0.3) is 0 Å². The van der Waals surface area contributed by atoms with E-state index in [0.717, 1.165) is 5.56 Å². The van der Waals surface area contributed by atoms with E-state index in [1.165, 1.54) is 19.6 Å². The number of cyclic esters (lactones) is 1. The molecule has 0 spiro atoms. The number of ether oxygens (including phenoxy) is 3. The van der Waals surface area contributed by atoms with Crippen LogP contribution in [0.2, 0.25) is 0 Å². The van der Waals surface area contributed by atoms with Crippen LogP contribution in [-0.4, -0.2) is 37.0 Å². The lowest BCUT2D eigenvalue weighted by atomic mass is 9.43. The molecule has 2 aliphatic carbocycles. The van der Waals surface area contributed by atoms with Gasteiger partial charge in [0.2, 0.25) is 0 Å². The predicted molar refractivity (Wildman–Crippen MR) is 135 cm³/mol. The standard InChI is InChI=1S/C29H33NO8/c1-16-5-7-18(8-6-16)30-27(34)38-21-13-20(25(32)35-4)28(2)11-9-19-26(33)37-22(17-10-12-36-15-17)14-29(19,3)24(28)23(21)31/h5-8,10,12,15,19-22,24H,9,11,13-14H2,1-4H3,(H,30,34)/t19-,20-,21-,22-,24-,28-,29-/m0/s1. The molecular formula is C29H33NO8. The fourth-order valence-electron chi connectivity index (χ4n) is 7.18. The molecule has 2 heterocycles. The van der Waals surface area contributed by atoms with E-state index in [0.29, 0.717) is 30.5 Å². The smallest absolute Gasteiger partial charge is 0.412 e. The number of aryl methyl sites for hydroxylation is 1. The lowest BCUT2D eigenvalue weighted by molar-refractivity contribution is -0.207. The number of rotatable bonds is 4. The summed E-state index contributed by atoms with van der Waals surface area (Å²) in [5, 5.41) is 2.66. The summed E-state index contributed by atoms with van der Waals surface area (Å²) in [7, 11) is 1.32. The van der Waals surface area contributed by atoms with Crippen LogP contribution in [0, 0.1) is 35.5 Å². The Hall–Kier alpha value is -3.62. The van der Waals surface area contributed by atoms with Crippen molar-refractivity contribution in [1.29, 1.82) is 0 Å². The molecule has 2 saturated carbocycles. The van der Waals surface area contributed by atoms with Crippen LogP contribution in [0.1, 0.15) is 56.8 Å². The number of hydrogen-bond acceptors (Lipinski definition) is 8. The summed E-state index contributed by atoms with van der Waals surface area (Å²) >= 11 is 0. The van der Waals surface area contributed by atoms with Crippen LogP contribution < -0.4 is 5.32 Å². The van der Waals surface area contributed by atoms with Crippen molar-refractivity contribution in [3.63, 3.8) is 0 Å². The molecule has 38 heavy (non-hydrogen) atoms. The molecule has 2 aromatic rings. The number of ketones is 1. The molecule has 1 aliphatic heterocycles. The van der Waals surface area contributed by atoms with Crippen molar-refractivity contribution in [2.45, 2.75) is 58.7 Å². The zero-order valence-corrected chi connectivity index (χ0v) is 22.0. The molecule has 1 amide bonds. The molecule has 9 nitrogen and oxygen atoms in total. The average Bonchev–Trinajstić information content (AvgIpc) is 3.41. The van der Waals surface area contributed by atoms with Crippen LogP contribution in [-0.2, 0) is 28.6 Å². The fraction of sp³-hybridized carbons (Fsp3) is 0.517. The number of hydrogen-bond donors (Lipinski definition) is 1. The number of carbonyl (C=O) groups is 4. The summed E-state index contributed by atoms with van der Waals surface area (Å²) in [5.74, 6) is -3.04. The number of carbonyl (C=O) groups excluding carboxylic acids is 4. The van der Waals surface area contributed by atoms with Crippen molar-refractivity contribution >= 4 is 29.5 Å². The molecule has 1 aromatic carbocycles. The molecular weight excluding hydrogens is 490 g/mol. The minimum absolute atomic E-state index is 0.0240. The van der Waals surface area contributed by atoms with E-state index in [2.05, 4.69) is 5.32 Å². The Kier molecular flexibility index (Phi) is 6.57. The molecule has 0 bridgehead atoms. The van der Waals surface area contributed by atoms with Crippen molar-refractivity contribution in [3.8, 4) is 0 Å². The van der Waals surface area contributed by atoms with Crippen LogP contribution in [0.15, 0.2) is 47.3 Å². The van der Waals surface area contributed by atoms with E-state index < -0.39 is 52.9 Å². The monoisotopic (exact) mass is 523 g/mol. The van der Waals surface area contributed by atoms with Gasteiger partial charge in [0.15, 0.2) is 11.9 Å². The van der Waals surface area contributed by atoms with Crippen LogP contribution in [0.5, 0.6) is 0 Å². The van der Waals surface area contributed by atoms with E-state index in [9.17, 15) is 19.2 Å². The topological polar surface area (TPSA) is 121 Å². The third-order valence-electron chi connectivity index (χ3n) is 9.05. The Morgan fingerprint density at radius 2 is 1.82 bits per heavy atom. The molecule has 7 atom stereocenters. The van der Waals surface area contributed by atoms with Crippen molar-refractivity contribution in [1.82, 2.24) is 0 Å². The van der Waals surface area contributed by atoms with Crippen LogP contribution in [0.25, 0.3) is 0 Å². The van der Waals surface area contributed by atoms with E-state index >= 15 is 0 Å². The minimum Gasteiger partial charge on any atom is -0.472 e. The highest BCUT2D eigenvalue weighted by Crippen LogP contribution is 2.65. The normalized spacial score (nSPS) is 34.4. The van der Waals surface area contributed by atoms with Gasteiger partial charge in [-0.25, -0.2) is 4.79 Å². The summed E-state index contributed by atoms with van der Waals surface area (Å²) in [6, 6.07) is 8.92. The number of Topliss-reactive ketones (excluding diaryl/α,β-unsaturated/α-hetero) is 1. The van der Waals surface area contributed by atoms with Gasteiger partial charge in [0.1, 0.15) is 6.10 Å². The second-order valence-corrected chi connectivity index (χ2v) is 11.3. The van der Waals surface area contributed by atoms with Gasteiger partial charge in [0, 0.05) is 23.6 Å². The maximum atomic E-state index is 14.2. The Balaban J connectivity index is 1.48. The Morgan fingerprint density at radius 3 is 2.47 bits per heavy atom. The van der Waals surface area contributed by atoms with Gasteiger partial charge >= 0.3 is 18.0 Å². The predicted octanol–water partition coefficient (Wildman–Crippen LogP) is 4.99. The van der Waals surface area contributed by atoms with E-state index in [1.54, 1.807) is 18.2 Å². The first kappa shape index (κ1) is 26.0. The van der Waals surface area contributed by atoms with Crippen LogP contribution in [0.3, 0.4) is 0 Å². The molecule has 3 aliphatic rings. The number of anilines is 1. The minimum atomic E-state index is -1.16. The van der Waals surface area contributed by atoms with Gasteiger partial charge in [-0.15, -0.1) is 0 Å². The highest BCUT2D eigenvalue weighted by atomic mass is 16.6. The molecule has 9 heteroatoms. The van der Waals surface area contributed by atoms with Gasteiger partial charge in [-0.2, -0.15) is 0 Å². The second-order valence-electron chi connectivity index (χ2n) is 11.3. The second kappa shape index (κ2) is 9.60. The lowest BCUT2D eigenvalue weighted by Gasteiger charge is -2.60. The highest BCUT2D eigenvalue weighted by molar-refractivity contribution is 5.94. The maximum Gasteiger partial charge on any atom is 0.412 e. The number of fused-ring (bicyclic) bond motifs is 3. The molecule has 3 fully saturated rings. The number of nitrogens with one attached hydrogen (secondary N) is 1. The van der Waals surface area contributed by atoms with E-state index in [-0.39, 0.29) is 18.2 Å². The first-order valence-electron chi connectivity index (χ1n) is 13.0. The number of esters is 2. The molecule has 1 saturated heterocycles. The summed E-state index contributed by atoms with van der Waals surface area (Å²) in [6.45, 7) is 5.78. The van der Waals surface area contributed by atoms with Gasteiger partial charge in [-0.1, -0.05) is 31.5 Å².